The second kappa shape index (κ2) is 13.4. The zero-order valence-corrected chi connectivity index (χ0v) is 25.6. The monoisotopic (exact) mass is 612 g/mol. The second-order valence-electron chi connectivity index (χ2n) is 11.4. The molecule has 3 aromatic carbocycles. The third-order valence-electron chi connectivity index (χ3n) is 8.35. The molecule has 7 rings (SSSR count). The fraction of sp³-hybridized carbons (Fsp3) is 0.0488. The molecule has 4 heterocycles. The number of hydrogen-bond donors (Lipinski definition) is 1. The Bertz CT molecular complexity index is 1970. The minimum atomic E-state index is -0.946. The molecule has 0 aliphatic carbocycles. The van der Waals surface area contributed by atoms with E-state index in [1.165, 1.54) is 0 Å². The molecule has 4 aromatic heterocycles. The van der Waals surface area contributed by atoms with Crippen molar-refractivity contribution in [2.45, 2.75) is 13.1 Å². The summed E-state index contributed by atoms with van der Waals surface area (Å²) in [5, 5.41) is 10.4. The molecule has 0 aliphatic heterocycles. The zero-order valence-electron chi connectivity index (χ0n) is 25.6. The molecule has 0 spiro atoms. The molecule has 0 atom stereocenters. The average Bonchev–Trinajstić information content (AvgIpc) is 3.13. The second-order valence-corrected chi connectivity index (χ2v) is 11.4. The van der Waals surface area contributed by atoms with Gasteiger partial charge in [0.2, 0.25) is 0 Å². The Labute approximate surface area is 273 Å². The summed E-state index contributed by atoms with van der Waals surface area (Å²) in [6, 6.07) is 38.4. The van der Waals surface area contributed by atoms with Crippen LogP contribution in [0.2, 0.25) is 0 Å². The van der Waals surface area contributed by atoms with Crippen LogP contribution in [0, 0.1) is 0 Å². The molecule has 7 aromatic rings. The third kappa shape index (κ3) is 6.72. The van der Waals surface area contributed by atoms with Gasteiger partial charge in [0.05, 0.1) is 5.56 Å². The fourth-order valence-electron chi connectivity index (χ4n) is 5.86. The molecule has 47 heavy (non-hydrogen) atoms. The number of hydrogen-bond acceptors (Lipinski definition) is 3. The summed E-state index contributed by atoms with van der Waals surface area (Å²) >= 11 is 0. The minimum absolute atomic E-state index is 0.301. The smallest absolute Gasteiger partial charge is 0.336 e. The molecule has 226 valence electrons. The van der Waals surface area contributed by atoms with Crippen LogP contribution >= 0.6 is 0 Å². The van der Waals surface area contributed by atoms with Gasteiger partial charge in [-0.05, 0) is 68.8 Å². The lowest BCUT2D eigenvalue weighted by atomic mass is 9.91. The highest BCUT2D eigenvalue weighted by Crippen LogP contribution is 2.33. The van der Waals surface area contributed by atoms with Crippen LogP contribution in [0.3, 0.4) is 0 Å². The van der Waals surface area contributed by atoms with E-state index in [2.05, 4.69) is 92.4 Å². The SMILES string of the molecule is O=C(O)c1c(-c2ccc(C[n+]3ccc(-c4ccncc4)cc3)cc2)cccc1-c1ccc(C[n+]2ccc(-c3ccncc3)cc2)cc1. The van der Waals surface area contributed by atoms with Crippen LogP contribution in [-0.2, 0) is 13.1 Å². The molecule has 6 heteroatoms. The summed E-state index contributed by atoms with van der Waals surface area (Å²) in [5.74, 6) is -0.946. The van der Waals surface area contributed by atoms with E-state index in [1.54, 1.807) is 24.8 Å². The number of aromatic nitrogens is 4. The molecule has 0 saturated heterocycles. The van der Waals surface area contributed by atoms with Crippen molar-refractivity contribution >= 4 is 5.97 Å². The first-order valence-corrected chi connectivity index (χ1v) is 15.4. The highest BCUT2D eigenvalue weighted by molar-refractivity contribution is 6.03. The minimum Gasteiger partial charge on any atom is -0.478 e. The predicted molar refractivity (Wildman–Crippen MR) is 182 cm³/mol. The molecular weight excluding hydrogens is 580 g/mol. The molecule has 0 unspecified atom stereocenters. The van der Waals surface area contributed by atoms with Gasteiger partial charge in [-0.25, -0.2) is 13.9 Å². The van der Waals surface area contributed by atoms with Crippen molar-refractivity contribution in [3.8, 4) is 44.5 Å². The summed E-state index contributed by atoms with van der Waals surface area (Å²) in [5.41, 5.74) is 10.2. The summed E-state index contributed by atoms with van der Waals surface area (Å²) in [7, 11) is 0. The van der Waals surface area contributed by atoms with Crippen molar-refractivity contribution in [1.82, 2.24) is 9.97 Å². The highest BCUT2D eigenvalue weighted by atomic mass is 16.4. The Morgan fingerprint density at radius 2 is 0.830 bits per heavy atom. The molecule has 0 radical (unpaired) electrons. The number of carboxylic acids is 1. The van der Waals surface area contributed by atoms with E-state index in [0.29, 0.717) is 29.8 Å². The number of carboxylic acid groups (broad SMARTS) is 1. The maximum absolute atomic E-state index is 12.7. The van der Waals surface area contributed by atoms with Gasteiger partial charge in [0, 0.05) is 60.2 Å². The first-order valence-electron chi connectivity index (χ1n) is 15.4. The highest BCUT2D eigenvalue weighted by Gasteiger charge is 2.18. The Morgan fingerprint density at radius 1 is 0.468 bits per heavy atom. The number of aromatic carboxylic acids is 1. The lowest BCUT2D eigenvalue weighted by Gasteiger charge is -2.13. The van der Waals surface area contributed by atoms with Crippen molar-refractivity contribution in [3.05, 3.63) is 182 Å². The van der Waals surface area contributed by atoms with E-state index in [4.69, 9.17) is 0 Å². The summed E-state index contributed by atoms with van der Waals surface area (Å²) in [6.07, 6.45) is 15.5. The number of carbonyl (C=O) groups is 1. The van der Waals surface area contributed by atoms with E-state index >= 15 is 0 Å². The Kier molecular flexibility index (Phi) is 8.38. The normalized spacial score (nSPS) is 10.9. The third-order valence-corrected chi connectivity index (χ3v) is 8.35. The van der Waals surface area contributed by atoms with Crippen LogP contribution in [0.25, 0.3) is 44.5 Å². The largest absolute Gasteiger partial charge is 0.478 e. The maximum atomic E-state index is 12.7. The van der Waals surface area contributed by atoms with E-state index < -0.39 is 5.97 Å². The van der Waals surface area contributed by atoms with Crippen LogP contribution in [0.5, 0.6) is 0 Å². The van der Waals surface area contributed by atoms with Gasteiger partial charge in [0.1, 0.15) is 0 Å². The molecule has 0 aliphatic rings. The van der Waals surface area contributed by atoms with Gasteiger partial charge < -0.3 is 5.11 Å². The van der Waals surface area contributed by atoms with Gasteiger partial charge in [0.15, 0.2) is 37.9 Å². The van der Waals surface area contributed by atoms with E-state index in [0.717, 1.165) is 44.5 Å². The van der Waals surface area contributed by atoms with Crippen molar-refractivity contribution in [2.24, 2.45) is 0 Å². The van der Waals surface area contributed by atoms with Gasteiger partial charge in [-0.2, -0.15) is 0 Å². The van der Waals surface area contributed by atoms with Gasteiger partial charge in [-0.15, -0.1) is 0 Å². The summed E-state index contributed by atoms with van der Waals surface area (Å²) < 4.78 is 4.26. The van der Waals surface area contributed by atoms with Crippen LogP contribution < -0.4 is 9.13 Å². The van der Waals surface area contributed by atoms with E-state index in [1.807, 2.05) is 66.7 Å². The predicted octanol–water partition coefficient (Wildman–Crippen LogP) is 7.51. The quantitative estimate of drug-likeness (QED) is 0.171. The van der Waals surface area contributed by atoms with Crippen LogP contribution in [-0.4, -0.2) is 21.0 Å². The van der Waals surface area contributed by atoms with Gasteiger partial charge >= 0.3 is 5.97 Å². The molecule has 0 amide bonds. The zero-order chi connectivity index (χ0) is 32.0. The molecule has 0 bridgehead atoms. The van der Waals surface area contributed by atoms with Crippen molar-refractivity contribution in [1.29, 1.82) is 0 Å². The lowest BCUT2D eigenvalue weighted by molar-refractivity contribution is -0.688. The number of benzene rings is 3. The number of pyridine rings is 4. The molecule has 0 saturated carbocycles. The van der Waals surface area contributed by atoms with Crippen molar-refractivity contribution in [3.63, 3.8) is 0 Å². The van der Waals surface area contributed by atoms with Crippen molar-refractivity contribution in [2.75, 3.05) is 0 Å². The van der Waals surface area contributed by atoms with Crippen LogP contribution in [0.4, 0.5) is 0 Å². The lowest BCUT2D eigenvalue weighted by Crippen LogP contribution is -2.32. The van der Waals surface area contributed by atoms with Gasteiger partial charge in [-0.1, -0.05) is 66.7 Å². The van der Waals surface area contributed by atoms with Crippen molar-refractivity contribution < 1.29 is 19.0 Å². The van der Waals surface area contributed by atoms with E-state index in [-0.39, 0.29) is 0 Å². The molecule has 1 N–H and O–H groups in total. The van der Waals surface area contributed by atoms with Crippen LogP contribution in [0.15, 0.2) is 165 Å². The van der Waals surface area contributed by atoms with Gasteiger partial charge in [0.25, 0.3) is 0 Å². The Morgan fingerprint density at radius 3 is 1.19 bits per heavy atom. The Balaban J connectivity index is 1.07. The fourth-order valence-corrected chi connectivity index (χ4v) is 5.86. The topological polar surface area (TPSA) is 70.8 Å². The first kappa shape index (κ1) is 29.4. The summed E-state index contributed by atoms with van der Waals surface area (Å²) in [6.45, 7) is 1.42. The number of nitrogens with zero attached hydrogens (tertiary/aromatic N) is 4. The van der Waals surface area contributed by atoms with Crippen LogP contribution in [0.1, 0.15) is 21.5 Å². The molecule has 0 fully saturated rings. The maximum Gasteiger partial charge on any atom is 0.336 e. The standard InChI is InChI=1S/C41H31N4O2/c46-41(47)40-38(36-8-4-30(5-9-36)28-44-24-16-34(17-25-44)32-12-20-42-21-13-32)2-1-3-39(40)37-10-6-31(7-11-37)29-45-26-18-35(19-27-45)33-14-22-43-23-15-33/h1-27H,28-29H2/q+1/p+1. The molecular formula is C41H32N4O2+2. The average molecular weight is 613 g/mol. The first-order chi connectivity index (χ1) is 23.1. The molecule has 6 nitrogen and oxygen atoms in total. The van der Waals surface area contributed by atoms with E-state index in [9.17, 15) is 9.90 Å². The summed E-state index contributed by atoms with van der Waals surface area (Å²) in [4.78, 5) is 20.8. The number of rotatable bonds is 9. The Hall–Kier alpha value is -6.27. The van der Waals surface area contributed by atoms with Gasteiger partial charge in [-0.3, -0.25) is 9.97 Å².